The molecule has 182 valence electrons. The van der Waals surface area contributed by atoms with Gasteiger partial charge >= 0.3 is 30.5 Å². The lowest BCUT2D eigenvalue weighted by Gasteiger charge is -2.28. The topological polar surface area (TPSA) is 72.8 Å². The highest BCUT2D eigenvalue weighted by atomic mass is 19.4. The molecule has 0 radical (unpaired) electrons. The minimum atomic E-state index is -5.69. The highest BCUT2D eigenvalue weighted by Gasteiger charge is 2.59. The Balaban J connectivity index is 0. The zero-order valence-electron chi connectivity index (χ0n) is 16.8. The maximum atomic E-state index is 12.3. The van der Waals surface area contributed by atoms with Crippen LogP contribution in [0, 0.1) is 0 Å². The van der Waals surface area contributed by atoms with Crippen LogP contribution < -0.4 is 0 Å². The van der Waals surface area contributed by atoms with E-state index in [4.69, 9.17) is 5.11 Å². The molecule has 0 aromatic carbocycles. The maximum Gasteiger partial charge on any atom is 0.434 e. The summed E-state index contributed by atoms with van der Waals surface area (Å²) in [5.74, 6) is -2.51. The molecule has 0 saturated carbocycles. The number of aliphatic hydroxyl groups is 1. The number of alkyl halides is 9. The fourth-order valence-corrected chi connectivity index (χ4v) is 1.53. The van der Waals surface area contributed by atoms with Crippen molar-refractivity contribution in [1.29, 1.82) is 0 Å². The van der Waals surface area contributed by atoms with Gasteiger partial charge in [-0.3, -0.25) is 0 Å². The number of esters is 2. The van der Waals surface area contributed by atoms with Crippen LogP contribution in [-0.4, -0.2) is 53.4 Å². The van der Waals surface area contributed by atoms with Crippen molar-refractivity contribution in [3.63, 3.8) is 0 Å². The minimum Gasteiger partial charge on any atom is -0.459 e. The first-order chi connectivity index (χ1) is 13.4. The van der Waals surface area contributed by atoms with Crippen molar-refractivity contribution in [3.05, 3.63) is 24.3 Å². The number of carbonyl (C=O) groups is 2. The Kier molecular flexibility index (Phi) is 10.8. The van der Waals surface area contributed by atoms with E-state index in [1.54, 1.807) is 0 Å². The van der Waals surface area contributed by atoms with Crippen molar-refractivity contribution in [2.75, 3.05) is 0 Å². The van der Waals surface area contributed by atoms with Crippen molar-refractivity contribution < 1.29 is 63.7 Å². The van der Waals surface area contributed by atoms with E-state index in [1.807, 2.05) is 0 Å². The zero-order valence-corrected chi connectivity index (χ0v) is 16.8. The predicted molar refractivity (Wildman–Crippen MR) is 88.5 cm³/mol. The van der Waals surface area contributed by atoms with Gasteiger partial charge in [0.25, 0.3) is 6.10 Å². The van der Waals surface area contributed by atoms with Crippen LogP contribution in [0.3, 0.4) is 0 Å². The minimum absolute atomic E-state index is 0.0958. The molecule has 0 aromatic rings. The number of hydrogen-bond donors (Lipinski definition) is 1. The van der Waals surface area contributed by atoms with E-state index < -0.39 is 60.3 Å². The predicted octanol–water partition coefficient (Wildman–Crippen LogP) is 4.80. The summed E-state index contributed by atoms with van der Waals surface area (Å²) in [5.41, 5.74) is -3.33. The average molecular weight is 476 g/mol. The first kappa shape index (κ1) is 30.9. The number of halogens is 9. The van der Waals surface area contributed by atoms with Gasteiger partial charge in [0.05, 0.1) is 0 Å². The van der Waals surface area contributed by atoms with Gasteiger partial charge in [-0.1, -0.05) is 13.2 Å². The quantitative estimate of drug-likeness (QED) is 0.339. The third kappa shape index (κ3) is 11.6. The van der Waals surface area contributed by atoms with Gasteiger partial charge in [0, 0.05) is 17.6 Å². The van der Waals surface area contributed by atoms with E-state index in [-0.39, 0.29) is 5.57 Å². The Morgan fingerprint density at radius 2 is 1.16 bits per heavy atom. The van der Waals surface area contributed by atoms with Crippen LogP contribution in [0.4, 0.5) is 39.5 Å². The molecule has 0 amide bonds. The molecular formula is C17H21F9O5. The van der Waals surface area contributed by atoms with Crippen molar-refractivity contribution in [2.45, 2.75) is 70.5 Å². The summed E-state index contributed by atoms with van der Waals surface area (Å²) in [6, 6.07) is 0. The van der Waals surface area contributed by atoms with Crippen LogP contribution in [0.1, 0.15) is 34.1 Å². The molecule has 31 heavy (non-hydrogen) atoms. The molecule has 5 nitrogen and oxygen atoms in total. The molecule has 0 fully saturated rings. The van der Waals surface area contributed by atoms with E-state index in [9.17, 15) is 49.1 Å². The largest absolute Gasteiger partial charge is 0.459 e. The highest BCUT2D eigenvalue weighted by molar-refractivity contribution is 5.87. The normalized spacial score (nSPS) is 15.2. The molecule has 0 aromatic heterocycles. The molecule has 0 heterocycles. The first-order valence-corrected chi connectivity index (χ1v) is 8.09. The van der Waals surface area contributed by atoms with Crippen LogP contribution >= 0.6 is 0 Å². The van der Waals surface area contributed by atoms with Crippen molar-refractivity contribution >= 4 is 11.9 Å². The molecule has 0 bridgehead atoms. The van der Waals surface area contributed by atoms with Gasteiger partial charge in [-0.15, -0.1) is 0 Å². The SMILES string of the molecule is C=C(C)C(=O)OC(C(F)(F)F)C(F)(F)F.C=C(C)C(=O)OC(C)CC(C)(O)C(F)(F)F. The molecule has 2 atom stereocenters. The first-order valence-electron chi connectivity index (χ1n) is 8.09. The molecule has 0 aliphatic heterocycles. The lowest BCUT2D eigenvalue weighted by atomic mass is 9.98. The molecule has 1 N–H and O–H groups in total. The number of hydrogen-bond acceptors (Lipinski definition) is 5. The molecule has 0 aliphatic rings. The standard InChI is InChI=1S/C10H15F3O3.C7H6F6O2/c1-6(2)8(14)16-7(3)5-9(4,15)10(11,12)13;1-3(2)4(14)15-5(6(8,9)10)7(11,12)13/h7,15H,1,5H2,2-4H3;5H,1H2,2H3. The van der Waals surface area contributed by atoms with E-state index >= 15 is 0 Å². The lowest BCUT2D eigenvalue weighted by Crippen LogP contribution is -2.45. The van der Waals surface area contributed by atoms with Crippen LogP contribution in [0.5, 0.6) is 0 Å². The molecule has 0 spiro atoms. The second-order valence-corrected chi connectivity index (χ2v) is 6.62. The summed E-state index contributed by atoms with van der Waals surface area (Å²) in [6.07, 6.45) is -22.0. The van der Waals surface area contributed by atoms with Gasteiger partial charge in [0.1, 0.15) is 6.10 Å². The number of carbonyl (C=O) groups excluding carboxylic acids is 2. The fourth-order valence-electron chi connectivity index (χ4n) is 1.53. The number of rotatable bonds is 6. The summed E-state index contributed by atoms with van der Waals surface area (Å²) >= 11 is 0. The van der Waals surface area contributed by atoms with Crippen LogP contribution in [0.15, 0.2) is 24.3 Å². The summed E-state index contributed by atoms with van der Waals surface area (Å²) in [6.45, 7) is 10.4. The molecule has 2 unspecified atom stereocenters. The summed E-state index contributed by atoms with van der Waals surface area (Å²) in [5, 5.41) is 9.13. The molecule has 0 aliphatic carbocycles. The Morgan fingerprint density at radius 3 is 1.42 bits per heavy atom. The third-order valence-corrected chi connectivity index (χ3v) is 3.12. The smallest absolute Gasteiger partial charge is 0.434 e. The Bertz CT molecular complexity index is 646. The third-order valence-electron chi connectivity index (χ3n) is 3.12. The molecular weight excluding hydrogens is 455 g/mol. The summed E-state index contributed by atoms with van der Waals surface area (Å²) in [7, 11) is 0. The van der Waals surface area contributed by atoms with Gasteiger partial charge < -0.3 is 14.6 Å². The zero-order chi connectivity index (χ0) is 25.6. The van der Waals surface area contributed by atoms with Gasteiger partial charge in [-0.05, 0) is 27.7 Å². The van der Waals surface area contributed by atoms with Crippen LogP contribution in [0.2, 0.25) is 0 Å². The van der Waals surface area contributed by atoms with Gasteiger partial charge in [0.15, 0.2) is 5.60 Å². The molecule has 0 saturated heterocycles. The van der Waals surface area contributed by atoms with E-state index in [0.717, 1.165) is 6.92 Å². The van der Waals surface area contributed by atoms with Crippen molar-refractivity contribution in [2.24, 2.45) is 0 Å². The van der Waals surface area contributed by atoms with Gasteiger partial charge in [0.2, 0.25) is 0 Å². The average Bonchev–Trinajstić information content (AvgIpc) is 2.48. The van der Waals surface area contributed by atoms with Crippen LogP contribution in [0.25, 0.3) is 0 Å². The second-order valence-electron chi connectivity index (χ2n) is 6.62. The Labute approximate surface area is 171 Å². The lowest BCUT2D eigenvalue weighted by molar-refractivity contribution is -0.312. The molecule has 0 rings (SSSR count). The fraction of sp³-hybridized carbons (Fsp3) is 0.647. The van der Waals surface area contributed by atoms with Gasteiger partial charge in [-0.25, -0.2) is 9.59 Å². The Morgan fingerprint density at radius 1 is 0.839 bits per heavy atom. The monoisotopic (exact) mass is 476 g/mol. The second kappa shape index (κ2) is 10.9. The molecule has 14 heteroatoms. The van der Waals surface area contributed by atoms with E-state index in [0.29, 0.717) is 6.92 Å². The number of ether oxygens (including phenoxy) is 2. The van der Waals surface area contributed by atoms with Crippen LogP contribution in [-0.2, 0) is 19.1 Å². The van der Waals surface area contributed by atoms with Crippen molar-refractivity contribution in [3.8, 4) is 0 Å². The summed E-state index contributed by atoms with van der Waals surface area (Å²) in [4.78, 5) is 21.5. The maximum absolute atomic E-state index is 12.3. The van der Waals surface area contributed by atoms with E-state index in [2.05, 4.69) is 22.6 Å². The Hall–Kier alpha value is -2.25. The van der Waals surface area contributed by atoms with E-state index in [1.165, 1.54) is 13.8 Å². The summed E-state index contributed by atoms with van der Waals surface area (Å²) < 4.78 is 116. The van der Waals surface area contributed by atoms with Gasteiger partial charge in [-0.2, -0.15) is 39.5 Å². The highest BCUT2D eigenvalue weighted by Crippen LogP contribution is 2.36. The van der Waals surface area contributed by atoms with Crippen molar-refractivity contribution in [1.82, 2.24) is 0 Å².